The van der Waals surface area contributed by atoms with Crippen LogP contribution in [0.25, 0.3) is 0 Å². The van der Waals surface area contributed by atoms with Crippen LogP contribution in [0.4, 0.5) is 4.79 Å². The molecule has 1 aromatic carbocycles. The molecule has 2 bridgehead atoms. The predicted octanol–water partition coefficient (Wildman–Crippen LogP) is 2.97. The molecule has 0 unspecified atom stereocenters. The number of carboxylic acids is 1. The minimum absolute atomic E-state index is 0.103. The molecular weight excluding hydrogens is 332 g/mol. The van der Waals surface area contributed by atoms with E-state index in [1.165, 1.54) is 37.3 Å². The number of fused-ring (bicyclic) bond motifs is 4. The first-order chi connectivity index (χ1) is 12.3. The van der Waals surface area contributed by atoms with Crippen LogP contribution in [0.5, 0.6) is 5.75 Å². The zero-order chi connectivity index (χ0) is 18.9. The lowest BCUT2D eigenvalue weighted by molar-refractivity contribution is -0.138. The Kier molecular flexibility index (Phi) is 5.23. The Bertz CT molecular complexity index is 705. The molecule has 4 N–H and O–H groups in total. The second-order valence-electron chi connectivity index (χ2n) is 7.92. The Morgan fingerprint density at radius 3 is 2.85 bits per heavy atom. The molecule has 3 rings (SSSR count). The van der Waals surface area contributed by atoms with E-state index in [0.29, 0.717) is 11.7 Å². The van der Waals surface area contributed by atoms with Crippen LogP contribution in [-0.4, -0.2) is 29.3 Å². The van der Waals surface area contributed by atoms with Gasteiger partial charge in [-0.05, 0) is 55.4 Å². The summed E-state index contributed by atoms with van der Waals surface area (Å²) in [5.41, 5.74) is 9.00. The van der Waals surface area contributed by atoms with Crippen LogP contribution in [0.1, 0.15) is 57.1 Å². The normalized spacial score (nSPS) is 28.9. The summed E-state index contributed by atoms with van der Waals surface area (Å²) in [7, 11) is 0. The zero-order valence-corrected chi connectivity index (χ0v) is 15.5. The third-order valence-corrected chi connectivity index (χ3v) is 6.11. The summed E-state index contributed by atoms with van der Waals surface area (Å²) in [6.07, 6.45) is 6.04. The van der Waals surface area contributed by atoms with E-state index in [1.54, 1.807) is 6.07 Å². The van der Waals surface area contributed by atoms with Gasteiger partial charge in [0.05, 0.1) is 0 Å². The molecule has 26 heavy (non-hydrogen) atoms. The van der Waals surface area contributed by atoms with Gasteiger partial charge >= 0.3 is 12.1 Å². The van der Waals surface area contributed by atoms with Gasteiger partial charge < -0.3 is 20.9 Å². The van der Waals surface area contributed by atoms with E-state index in [2.05, 4.69) is 12.2 Å². The average Bonchev–Trinajstić information content (AvgIpc) is 2.59. The zero-order valence-electron chi connectivity index (χ0n) is 15.5. The molecule has 0 saturated heterocycles. The van der Waals surface area contributed by atoms with Crippen molar-refractivity contribution in [3.8, 4) is 5.75 Å². The number of rotatable bonds is 3. The minimum Gasteiger partial charge on any atom is -0.480 e. The Hall–Kier alpha value is -2.08. The third-order valence-electron chi connectivity index (χ3n) is 6.11. The van der Waals surface area contributed by atoms with Crippen molar-refractivity contribution >= 4 is 12.1 Å². The van der Waals surface area contributed by atoms with Crippen molar-refractivity contribution in [2.75, 3.05) is 0 Å². The molecule has 1 amide bonds. The van der Waals surface area contributed by atoms with Crippen molar-refractivity contribution in [1.29, 1.82) is 0 Å². The number of aliphatic carboxylic acids is 1. The lowest BCUT2D eigenvalue weighted by Gasteiger charge is -2.47. The molecule has 6 nitrogen and oxygen atoms in total. The monoisotopic (exact) mass is 360 g/mol. The van der Waals surface area contributed by atoms with E-state index in [4.69, 9.17) is 15.6 Å². The molecular formula is C20H28N2O4. The molecule has 1 aromatic rings. The SMILES string of the molecule is C[C@H](NC(=O)Oc1ccc2c(c1)[C@@]1(C)CCCCC[C@@H](C2)[C@@H]1N)C(=O)O. The summed E-state index contributed by atoms with van der Waals surface area (Å²) in [5, 5.41) is 11.2. The highest BCUT2D eigenvalue weighted by Crippen LogP contribution is 2.46. The van der Waals surface area contributed by atoms with Gasteiger partial charge in [0.15, 0.2) is 0 Å². The lowest BCUT2D eigenvalue weighted by Crippen LogP contribution is -2.52. The summed E-state index contributed by atoms with van der Waals surface area (Å²) in [4.78, 5) is 22.8. The summed E-state index contributed by atoms with van der Waals surface area (Å²) in [5.74, 6) is -0.182. The fourth-order valence-electron chi connectivity index (χ4n) is 4.47. The molecule has 0 aliphatic heterocycles. The van der Waals surface area contributed by atoms with Crippen LogP contribution in [0, 0.1) is 5.92 Å². The summed E-state index contributed by atoms with van der Waals surface area (Å²) < 4.78 is 5.32. The molecule has 1 fully saturated rings. The predicted molar refractivity (Wildman–Crippen MR) is 98.3 cm³/mol. The van der Waals surface area contributed by atoms with Gasteiger partial charge in [-0.3, -0.25) is 4.79 Å². The number of hydrogen-bond acceptors (Lipinski definition) is 4. The number of benzene rings is 1. The van der Waals surface area contributed by atoms with Crippen LogP contribution < -0.4 is 15.8 Å². The van der Waals surface area contributed by atoms with Gasteiger partial charge in [-0.1, -0.05) is 32.3 Å². The van der Waals surface area contributed by atoms with Crippen molar-refractivity contribution in [2.45, 2.75) is 69.9 Å². The van der Waals surface area contributed by atoms with Crippen LogP contribution in [0.15, 0.2) is 18.2 Å². The molecule has 0 radical (unpaired) electrons. The fraction of sp³-hybridized carbons (Fsp3) is 0.600. The van der Waals surface area contributed by atoms with Crippen LogP contribution in [-0.2, 0) is 16.6 Å². The number of ether oxygens (including phenoxy) is 1. The second-order valence-corrected chi connectivity index (χ2v) is 7.92. The van der Waals surface area contributed by atoms with Gasteiger partial charge in [-0.25, -0.2) is 4.79 Å². The quantitative estimate of drug-likeness (QED) is 0.769. The maximum absolute atomic E-state index is 11.9. The summed E-state index contributed by atoms with van der Waals surface area (Å²) >= 11 is 0. The standard InChI is InChI=1S/C20H28N2O4/c1-12(18(23)24)22-19(25)26-15-8-7-13-10-14-6-4-3-5-9-20(2,17(14)21)16(13)11-15/h7-8,11-12,14,17H,3-6,9-10,21H2,1-2H3,(H,22,25)(H,23,24)/t12-,14-,17-,20+/m0/s1. The van der Waals surface area contributed by atoms with Crippen molar-refractivity contribution in [3.63, 3.8) is 0 Å². The molecule has 4 atom stereocenters. The number of carbonyl (C=O) groups is 2. The van der Waals surface area contributed by atoms with Gasteiger partial charge in [0.25, 0.3) is 0 Å². The van der Waals surface area contributed by atoms with E-state index in [1.807, 2.05) is 12.1 Å². The van der Waals surface area contributed by atoms with Gasteiger partial charge in [-0.2, -0.15) is 0 Å². The number of amides is 1. The molecule has 142 valence electrons. The second kappa shape index (κ2) is 7.27. The molecule has 2 aliphatic rings. The van der Waals surface area contributed by atoms with E-state index in [0.717, 1.165) is 19.3 Å². The summed E-state index contributed by atoms with van der Waals surface area (Å²) in [6.45, 7) is 3.62. The molecule has 2 aliphatic carbocycles. The lowest BCUT2D eigenvalue weighted by atomic mass is 9.60. The minimum atomic E-state index is -1.11. The van der Waals surface area contributed by atoms with Crippen LogP contribution in [0.2, 0.25) is 0 Å². The number of carboxylic acid groups (broad SMARTS) is 1. The first-order valence-corrected chi connectivity index (χ1v) is 9.41. The highest BCUT2D eigenvalue weighted by molar-refractivity contribution is 5.80. The van der Waals surface area contributed by atoms with Gasteiger partial charge in [0.1, 0.15) is 11.8 Å². The molecule has 0 spiro atoms. The molecule has 0 heterocycles. The topological polar surface area (TPSA) is 102 Å². The van der Waals surface area contributed by atoms with E-state index < -0.39 is 18.1 Å². The highest BCUT2D eigenvalue weighted by Gasteiger charge is 2.43. The average molecular weight is 360 g/mol. The Balaban J connectivity index is 1.84. The van der Waals surface area contributed by atoms with Crippen molar-refractivity contribution in [2.24, 2.45) is 11.7 Å². The van der Waals surface area contributed by atoms with Crippen molar-refractivity contribution in [1.82, 2.24) is 5.32 Å². The van der Waals surface area contributed by atoms with Gasteiger partial charge in [-0.15, -0.1) is 0 Å². The fourth-order valence-corrected chi connectivity index (χ4v) is 4.47. The maximum Gasteiger partial charge on any atom is 0.413 e. The third kappa shape index (κ3) is 3.56. The Morgan fingerprint density at radius 2 is 2.12 bits per heavy atom. The largest absolute Gasteiger partial charge is 0.480 e. The van der Waals surface area contributed by atoms with Crippen molar-refractivity contribution < 1.29 is 19.4 Å². The highest BCUT2D eigenvalue weighted by atomic mass is 16.6. The first-order valence-electron chi connectivity index (χ1n) is 9.41. The Morgan fingerprint density at radius 1 is 1.35 bits per heavy atom. The molecule has 6 heteroatoms. The number of nitrogens with one attached hydrogen (secondary N) is 1. The van der Waals surface area contributed by atoms with Crippen LogP contribution in [0.3, 0.4) is 0 Å². The maximum atomic E-state index is 11.9. The van der Waals surface area contributed by atoms with E-state index in [9.17, 15) is 9.59 Å². The summed E-state index contributed by atoms with van der Waals surface area (Å²) in [6, 6.07) is 4.82. The molecule has 0 aromatic heterocycles. The Labute approximate surface area is 154 Å². The number of hydrogen-bond donors (Lipinski definition) is 3. The van der Waals surface area contributed by atoms with Crippen LogP contribution >= 0.6 is 0 Å². The van der Waals surface area contributed by atoms with E-state index >= 15 is 0 Å². The number of carbonyl (C=O) groups excluding carboxylic acids is 1. The van der Waals surface area contributed by atoms with E-state index in [-0.39, 0.29) is 11.5 Å². The molecule has 1 saturated carbocycles. The van der Waals surface area contributed by atoms with Crippen molar-refractivity contribution in [3.05, 3.63) is 29.3 Å². The smallest absolute Gasteiger partial charge is 0.413 e. The van der Waals surface area contributed by atoms with Gasteiger partial charge in [0, 0.05) is 11.5 Å². The first kappa shape index (κ1) is 18.7. The number of nitrogens with two attached hydrogens (primary N) is 1. The van der Waals surface area contributed by atoms with Gasteiger partial charge in [0.2, 0.25) is 0 Å².